The summed E-state index contributed by atoms with van der Waals surface area (Å²) in [7, 11) is 0. The van der Waals surface area contributed by atoms with E-state index < -0.39 is 58.3 Å². The largest absolute Gasteiger partial charge is 0.460 e. The maximum atomic E-state index is 15.1. The molecule has 7 rings (SSSR count). The van der Waals surface area contributed by atoms with Gasteiger partial charge in [0, 0.05) is 54.2 Å². The number of ether oxygens (including phenoxy) is 2. The molecule has 0 saturated carbocycles. The van der Waals surface area contributed by atoms with Crippen LogP contribution in [0.4, 0.5) is 4.39 Å². The van der Waals surface area contributed by atoms with Gasteiger partial charge in [0.2, 0.25) is 17.7 Å². The zero-order valence-corrected chi connectivity index (χ0v) is 39.8. The van der Waals surface area contributed by atoms with E-state index in [9.17, 15) is 43.5 Å². The number of carbonyl (C=O) groups excluding carboxylic acids is 7. The van der Waals surface area contributed by atoms with E-state index in [0.717, 1.165) is 16.7 Å². The van der Waals surface area contributed by atoms with E-state index in [1.54, 1.807) is 33.8 Å². The van der Waals surface area contributed by atoms with Gasteiger partial charge in [0.05, 0.1) is 54.6 Å². The number of nitrogens with one attached hydrogen (secondary N) is 3. The van der Waals surface area contributed by atoms with Gasteiger partial charge in [-0.05, 0) is 87.6 Å². The number of amides is 3. The van der Waals surface area contributed by atoms with Crippen LogP contribution in [0.2, 0.25) is 0 Å². The molecule has 69 heavy (non-hydrogen) atoms. The van der Waals surface area contributed by atoms with Crippen LogP contribution < -0.4 is 21.5 Å². The number of cyclic esters (lactones) is 1. The van der Waals surface area contributed by atoms with Crippen LogP contribution in [0.25, 0.3) is 22.3 Å². The lowest BCUT2D eigenvalue weighted by Crippen LogP contribution is -2.44. The topological polar surface area (TPSA) is 229 Å². The van der Waals surface area contributed by atoms with Crippen LogP contribution in [0.15, 0.2) is 53.3 Å². The van der Waals surface area contributed by atoms with E-state index in [2.05, 4.69) is 16.0 Å². The van der Waals surface area contributed by atoms with Crippen LogP contribution in [0.3, 0.4) is 0 Å². The molecule has 366 valence electrons. The van der Waals surface area contributed by atoms with Crippen LogP contribution in [0.5, 0.6) is 0 Å². The zero-order chi connectivity index (χ0) is 49.8. The van der Waals surface area contributed by atoms with E-state index in [-0.39, 0.29) is 106 Å². The molecule has 1 aliphatic carbocycles. The summed E-state index contributed by atoms with van der Waals surface area (Å²) in [5.74, 6) is -4.56. The van der Waals surface area contributed by atoms with Gasteiger partial charge in [0.1, 0.15) is 18.0 Å². The summed E-state index contributed by atoms with van der Waals surface area (Å²) >= 11 is 0. The lowest BCUT2D eigenvalue weighted by Gasteiger charge is -2.32. The Balaban J connectivity index is 0.922. The number of ketones is 2. The Bertz CT molecular complexity index is 2770. The monoisotopic (exact) mass is 949 g/mol. The summed E-state index contributed by atoms with van der Waals surface area (Å²) in [5, 5.41) is 20.5. The molecule has 1 unspecified atom stereocenters. The van der Waals surface area contributed by atoms with Gasteiger partial charge in [-0.15, -0.1) is 0 Å². The summed E-state index contributed by atoms with van der Waals surface area (Å²) in [6.45, 7) is 8.03. The number of hydrogen-bond donors (Lipinski definition) is 4. The molecule has 0 fully saturated rings. The van der Waals surface area contributed by atoms with E-state index in [0.29, 0.717) is 53.5 Å². The molecule has 2 aliphatic heterocycles. The van der Waals surface area contributed by atoms with Crippen molar-refractivity contribution < 1.29 is 52.5 Å². The summed E-state index contributed by atoms with van der Waals surface area (Å²) in [6, 6.07) is 13.1. The standard InChI is InChI=1S/C52H60FN5O11/c1-6-52(67)38-24-41-47-36(27-58(41)49(65)37(38)28-68-50(52)66)46-39(19-29(2)35-22-32(53)23-40(57-47)45(35)46)56-43(62)16-12-8-11-15-33(59)25-55-48(64)31(20-30-13-9-7-10-14-30)21-34(60)26-54-42(61)17-18-44(63)69-51(3,4)5/h7,9-10,13-14,22-24,29,31,39,67H,6,8,11-12,15-21,25-28H2,1-5H3,(H,54,61)(H,55,64)(H,56,62)/t29?,31-,39+,52+/m1/s1. The first kappa shape index (κ1) is 50.3. The average molecular weight is 950 g/mol. The number of Topliss-reactive ketones (excluding diaryl/α,β-unsaturated/α-hetero) is 2. The van der Waals surface area contributed by atoms with Gasteiger partial charge in [-0.25, -0.2) is 14.2 Å². The van der Waals surface area contributed by atoms with Crippen molar-refractivity contribution in [3.05, 3.63) is 98.1 Å². The molecule has 2 aromatic heterocycles. The van der Waals surface area contributed by atoms with Crippen molar-refractivity contribution in [3.8, 4) is 11.4 Å². The van der Waals surface area contributed by atoms with Crippen molar-refractivity contribution >= 4 is 52.1 Å². The van der Waals surface area contributed by atoms with Gasteiger partial charge in [-0.2, -0.15) is 0 Å². The number of esters is 2. The smallest absolute Gasteiger partial charge is 0.343 e. The maximum Gasteiger partial charge on any atom is 0.343 e. The highest BCUT2D eigenvalue weighted by Crippen LogP contribution is 2.48. The lowest BCUT2D eigenvalue weighted by molar-refractivity contribution is -0.172. The number of aliphatic hydroxyl groups is 1. The number of pyridine rings is 2. The SMILES string of the molecule is CC[C@@]1(O)C(=O)OCc2c1cc1n(c2=O)Cc2c-1nc1cc(F)cc3c1c2[C@@H](NC(=O)CCCCCC(=O)CNC(=O)[C@@H](CC(=O)CNC(=O)CCC(=O)OC(C)(C)C)Cc1ccccc1)CC3C. The Morgan fingerprint density at radius 1 is 0.928 bits per heavy atom. The molecular weight excluding hydrogens is 890 g/mol. The maximum absolute atomic E-state index is 15.1. The minimum atomic E-state index is -2.02. The number of fused-ring (bicyclic) bond motifs is 5. The molecule has 3 aliphatic rings. The van der Waals surface area contributed by atoms with Gasteiger partial charge < -0.3 is 35.1 Å². The quantitative estimate of drug-likeness (QED) is 0.0554. The second-order valence-electron chi connectivity index (χ2n) is 19.4. The van der Waals surface area contributed by atoms with Crippen molar-refractivity contribution in [1.82, 2.24) is 25.5 Å². The zero-order valence-electron chi connectivity index (χ0n) is 39.8. The second kappa shape index (κ2) is 20.9. The number of hydrogen-bond acceptors (Lipinski definition) is 12. The van der Waals surface area contributed by atoms with E-state index in [1.165, 1.54) is 16.7 Å². The molecule has 2 aromatic carbocycles. The Kier molecular flexibility index (Phi) is 15.3. The predicted molar refractivity (Wildman–Crippen MR) is 251 cm³/mol. The fourth-order valence-corrected chi connectivity index (χ4v) is 9.61. The number of carbonyl (C=O) groups is 7. The van der Waals surface area contributed by atoms with Gasteiger partial charge in [-0.1, -0.05) is 50.6 Å². The van der Waals surface area contributed by atoms with Gasteiger partial charge in [0.25, 0.3) is 5.56 Å². The molecule has 0 spiro atoms. The van der Waals surface area contributed by atoms with Crippen molar-refractivity contribution in [2.24, 2.45) is 5.92 Å². The van der Waals surface area contributed by atoms with Crippen molar-refractivity contribution in [2.75, 3.05) is 13.1 Å². The van der Waals surface area contributed by atoms with Crippen LogP contribution in [0, 0.1) is 11.7 Å². The van der Waals surface area contributed by atoms with Crippen LogP contribution in [0.1, 0.15) is 144 Å². The van der Waals surface area contributed by atoms with E-state index in [4.69, 9.17) is 14.5 Å². The lowest BCUT2D eigenvalue weighted by atomic mass is 9.78. The Labute approximate surface area is 399 Å². The molecule has 4 aromatic rings. The molecule has 16 nitrogen and oxygen atoms in total. The molecule has 4 atom stereocenters. The van der Waals surface area contributed by atoms with Crippen molar-refractivity contribution in [3.63, 3.8) is 0 Å². The summed E-state index contributed by atoms with van der Waals surface area (Å²) in [4.78, 5) is 109. The first-order valence-corrected chi connectivity index (χ1v) is 23.7. The third-order valence-electron chi connectivity index (χ3n) is 13.1. The van der Waals surface area contributed by atoms with Gasteiger partial charge >= 0.3 is 11.9 Å². The Morgan fingerprint density at radius 2 is 1.65 bits per heavy atom. The minimum absolute atomic E-state index is 0.0190. The first-order valence-electron chi connectivity index (χ1n) is 23.7. The van der Waals surface area contributed by atoms with E-state index in [1.807, 2.05) is 37.3 Å². The molecule has 4 heterocycles. The number of unbranched alkanes of at least 4 members (excludes halogenated alkanes) is 2. The Hall–Kier alpha value is -6.62. The molecule has 17 heteroatoms. The number of rotatable bonds is 20. The highest BCUT2D eigenvalue weighted by molar-refractivity contribution is 5.94. The summed E-state index contributed by atoms with van der Waals surface area (Å²) < 4.78 is 27.1. The number of nitrogens with zero attached hydrogens (tertiary/aromatic N) is 2. The first-order chi connectivity index (χ1) is 32.8. The van der Waals surface area contributed by atoms with Crippen molar-refractivity contribution in [1.29, 1.82) is 0 Å². The van der Waals surface area contributed by atoms with Gasteiger partial charge in [0.15, 0.2) is 17.2 Å². The van der Waals surface area contributed by atoms with E-state index >= 15 is 4.39 Å². The highest BCUT2D eigenvalue weighted by Gasteiger charge is 2.46. The predicted octanol–water partition coefficient (Wildman–Crippen LogP) is 5.58. The van der Waals surface area contributed by atoms with Crippen molar-refractivity contribution in [2.45, 2.75) is 142 Å². The molecule has 0 saturated heterocycles. The summed E-state index contributed by atoms with van der Waals surface area (Å²) in [5.41, 5.74) is 1.39. The molecule has 3 amide bonds. The second-order valence-corrected chi connectivity index (χ2v) is 19.4. The number of halogens is 1. The normalized spacial score (nSPS) is 18.3. The number of aromatic nitrogens is 2. The van der Waals surface area contributed by atoms with Gasteiger partial charge in [-0.3, -0.25) is 33.6 Å². The fraction of sp³-hybridized carbons (Fsp3) is 0.481. The van der Waals surface area contributed by atoms with Crippen LogP contribution in [-0.4, -0.2) is 74.6 Å². The molecular formula is C52H60FN5O11. The average Bonchev–Trinajstić information content (AvgIpc) is 3.67. The molecule has 4 N–H and O–H groups in total. The number of benzene rings is 2. The third-order valence-corrected chi connectivity index (χ3v) is 13.1. The Morgan fingerprint density at radius 3 is 2.38 bits per heavy atom. The molecule has 0 bridgehead atoms. The third kappa shape index (κ3) is 11.5. The highest BCUT2D eigenvalue weighted by atomic mass is 19.1. The van der Waals surface area contributed by atoms with Crippen LogP contribution in [-0.2, 0) is 68.2 Å². The molecule has 0 radical (unpaired) electrons. The fourth-order valence-electron chi connectivity index (χ4n) is 9.61. The van der Waals surface area contributed by atoms with Crippen LogP contribution >= 0.6 is 0 Å². The summed E-state index contributed by atoms with van der Waals surface area (Å²) in [6.07, 6.45) is 2.04. The minimum Gasteiger partial charge on any atom is -0.460 e.